The third kappa shape index (κ3) is 6.41. The second-order valence-corrected chi connectivity index (χ2v) is 8.66. The van der Waals surface area contributed by atoms with Crippen molar-refractivity contribution in [3.8, 4) is 5.75 Å². The van der Waals surface area contributed by atoms with Crippen LogP contribution in [0.4, 0.5) is 0 Å². The van der Waals surface area contributed by atoms with Crippen LogP contribution in [0.1, 0.15) is 38.8 Å². The predicted molar refractivity (Wildman–Crippen MR) is 110 cm³/mol. The highest BCUT2D eigenvalue weighted by molar-refractivity contribution is 7.99. The van der Waals surface area contributed by atoms with E-state index >= 15 is 0 Å². The fourth-order valence-electron chi connectivity index (χ4n) is 2.41. The highest BCUT2D eigenvalue weighted by Crippen LogP contribution is 2.24. The van der Waals surface area contributed by atoms with Gasteiger partial charge < -0.3 is 10.1 Å². The molecule has 0 bridgehead atoms. The van der Waals surface area contributed by atoms with E-state index in [0.29, 0.717) is 6.54 Å². The van der Waals surface area contributed by atoms with E-state index in [1.807, 2.05) is 12.1 Å². The van der Waals surface area contributed by atoms with Gasteiger partial charge in [-0.15, -0.1) is 11.8 Å². The molecule has 0 aliphatic rings. The van der Waals surface area contributed by atoms with Crippen LogP contribution in [-0.2, 0) is 10.2 Å². The normalized spacial score (nSPS) is 12.5. The van der Waals surface area contributed by atoms with Gasteiger partial charge in [0.25, 0.3) is 5.91 Å². The van der Waals surface area contributed by atoms with Crippen molar-refractivity contribution in [2.24, 2.45) is 0 Å². The third-order valence-corrected chi connectivity index (χ3v) is 5.11. The fraction of sp³-hybridized carbons (Fsp3) is 0.409. The lowest BCUT2D eigenvalue weighted by Crippen LogP contribution is -2.37. The van der Waals surface area contributed by atoms with Gasteiger partial charge in [-0.05, 0) is 49.1 Å². The van der Waals surface area contributed by atoms with E-state index in [2.05, 4.69) is 69.4 Å². The van der Waals surface area contributed by atoms with Crippen molar-refractivity contribution in [3.63, 3.8) is 0 Å². The van der Waals surface area contributed by atoms with Gasteiger partial charge in [0.15, 0.2) is 6.10 Å². The van der Waals surface area contributed by atoms with Gasteiger partial charge in [-0.25, -0.2) is 0 Å². The molecule has 1 atom stereocenters. The topological polar surface area (TPSA) is 38.3 Å². The maximum Gasteiger partial charge on any atom is 0.260 e. The molecule has 2 aromatic rings. The zero-order valence-electron chi connectivity index (χ0n) is 16.3. The van der Waals surface area contributed by atoms with Gasteiger partial charge >= 0.3 is 0 Å². The molecule has 26 heavy (non-hydrogen) atoms. The quantitative estimate of drug-likeness (QED) is 0.552. The summed E-state index contributed by atoms with van der Waals surface area (Å²) in [5.41, 5.74) is 2.61. The second-order valence-electron chi connectivity index (χ2n) is 7.49. The standard InChI is InChI=1S/C22H29NO2S/c1-16-6-12-20(13-7-16)26-15-14-23-21(24)17(2)25-19-10-8-18(9-11-19)22(3,4)5/h6-13,17H,14-15H2,1-5H3,(H,23,24)/t17-/m1/s1. The molecule has 4 heteroatoms. The Morgan fingerprint density at radius 3 is 2.27 bits per heavy atom. The van der Waals surface area contributed by atoms with Crippen molar-refractivity contribution >= 4 is 17.7 Å². The molecule has 0 unspecified atom stereocenters. The van der Waals surface area contributed by atoms with Crippen LogP contribution in [0.15, 0.2) is 53.4 Å². The molecule has 140 valence electrons. The molecule has 0 spiro atoms. The first kappa shape index (κ1) is 20.4. The summed E-state index contributed by atoms with van der Waals surface area (Å²) in [4.78, 5) is 13.4. The Balaban J connectivity index is 1.74. The summed E-state index contributed by atoms with van der Waals surface area (Å²) in [7, 11) is 0. The van der Waals surface area contributed by atoms with Crippen LogP contribution >= 0.6 is 11.8 Å². The average molecular weight is 372 g/mol. The first-order chi connectivity index (χ1) is 12.3. The molecule has 0 heterocycles. The van der Waals surface area contributed by atoms with Gasteiger partial charge in [0.1, 0.15) is 5.75 Å². The fourth-order valence-corrected chi connectivity index (χ4v) is 3.18. The number of nitrogens with one attached hydrogen (secondary N) is 1. The Bertz CT molecular complexity index is 702. The van der Waals surface area contributed by atoms with Crippen molar-refractivity contribution in [2.75, 3.05) is 12.3 Å². The van der Waals surface area contributed by atoms with Gasteiger partial charge in [0.05, 0.1) is 0 Å². The molecule has 0 fully saturated rings. The largest absolute Gasteiger partial charge is 0.481 e. The Kier molecular flexibility index (Phi) is 7.15. The molecule has 3 nitrogen and oxygen atoms in total. The van der Waals surface area contributed by atoms with Crippen LogP contribution in [-0.4, -0.2) is 24.3 Å². The van der Waals surface area contributed by atoms with E-state index in [9.17, 15) is 4.79 Å². The molecule has 0 aliphatic carbocycles. The molecule has 0 radical (unpaired) electrons. The van der Waals surface area contributed by atoms with Gasteiger partial charge in [-0.1, -0.05) is 50.6 Å². The number of benzene rings is 2. The van der Waals surface area contributed by atoms with Gasteiger partial charge in [0.2, 0.25) is 0 Å². The summed E-state index contributed by atoms with van der Waals surface area (Å²) < 4.78 is 5.75. The van der Waals surface area contributed by atoms with E-state index in [-0.39, 0.29) is 11.3 Å². The van der Waals surface area contributed by atoms with Crippen LogP contribution in [0.25, 0.3) is 0 Å². The van der Waals surface area contributed by atoms with Gasteiger partial charge in [0, 0.05) is 17.2 Å². The van der Waals surface area contributed by atoms with Crippen molar-refractivity contribution in [3.05, 3.63) is 59.7 Å². The Morgan fingerprint density at radius 2 is 1.69 bits per heavy atom. The first-order valence-corrected chi connectivity index (χ1v) is 9.98. The smallest absolute Gasteiger partial charge is 0.260 e. The van der Waals surface area contributed by atoms with Crippen LogP contribution in [0.2, 0.25) is 0 Å². The molecule has 1 amide bonds. The minimum atomic E-state index is -0.514. The van der Waals surface area contributed by atoms with E-state index in [4.69, 9.17) is 4.74 Å². The molecule has 0 saturated carbocycles. The van der Waals surface area contributed by atoms with Crippen molar-refractivity contribution < 1.29 is 9.53 Å². The van der Waals surface area contributed by atoms with Crippen molar-refractivity contribution in [1.82, 2.24) is 5.32 Å². The van der Waals surface area contributed by atoms with Crippen LogP contribution in [0.3, 0.4) is 0 Å². The number of ether oxygens (including phenoxy) is 1. The highest BCUT2D eigenvalue weighted by atomic mass is 32.2. The Morgan fingerprint density at radius 1 is 1.08 bits per heavy atom. The monoisotopic (exact) mass is 371 g/mol. The lowest BCUT2D eigenvalue weighted by atomic mass is 9.87. The van der Waals surface area contributed by atoms with Crippen LogP contribution in [0, 0.1) is 6.92 Å². The zero-order valence-corrected chi connectivity index (χ0v) is 17.2. The average Bonchev–Trinajstić information content (AvgIpc) is 2.59. The SMILES string of the molecule is Cc1ccc(SCCNC(=O)[C@@H](C)Oc2ccc(C(C)(C)C)cc2)cc1. The summed E-state index contributed by atoms with van der Waals surface area (Å²) in [6, 6.07) is 16.4. The molecule has 1 N–H and O–H groups in total. The number of carbonyl (C=O) groups is 1. The number of carbonyl (C=O) groups excluding carboxylic acids is 1. The maximum absolute atomic E-state index is 12.2. The second kappa shape index (κ2) is 9.13. The van der Waals surface area contributed by atoms with Crippen molar-refractivity contribution in [1.29, 1.82) is 0 Å². The maximum atomic E-state index is 12.2. The number of thioether (sulfide) groups is 1. The summed E-state index contributed by atoms with van der Waals surface area (Å²) >= 11 is 1.74. The van der Waals surface area contributed by atoms with Gasteiger partial charge in [-0.2, -0.15) is 0 Å². The van der Waals surface area contributed by atoms with Crippen molar-refractivity contribution in [2.45, 2.75) is 51.0 Å². The number of rotatable bonds is 7. The van der Waals surface area contributed by atoms with E-state index < -0.39 is 6.10 Å². The number of aryl methyl sites for hydroxylation is 1. The molecular formula is C22H29NO2S. The predicted octanol–water partition coefficient (Wildman–Crippen LogP) is 4.97. The first-order valence-electron chi connectivity index (χ1n) is 9.00. The minimum Gasteiger partial charge on any atom is -0.481 e. The van der Waals surface area contributed by atoms with E-state index in [0.717, 1.165) is 11.5 Å². The van der Waals surface area contributed by atoms with Crippen LogP contribution < -0.4 is 10.1 Å². The van der Waals surface area contributed by atoms with Crippen LogP contribution in [0.5, 0.6) is 5.75 Å². The summed E-state index contributed by atoms with van der Waals surface area (Å²) in [5.74, 6) is 1.46. The number of amides is 1. The number of hydrogen-bond donors (Lipinski definition) is 1. The summed E-state index contributed by atoms with van der Waals surface area (Å²) in [5, 5.41) is 2.94. The Hall–Kier alpha value is -1.94. The molecular weight excluding hydrogens is 342 g/mol. The third-order valence-electron chi connectivity index (χ3n) is 4.09. The molecule has 0 aliphatic heterocycles. The summed E-state index contributed by atoms with van der Waals surface area (Å²) in [6.45, 7) is 11.0. The van der Waals surface area contributed by atoms with Gasteiger partial charge in [-0.3, -0.25) is 4.79 Å². The minimum absolute atomic E-state index is 0.0885. The van der Waals surface area contributed by atoms with E-state index in [1.54, 1.807) is 18.7 Å². The number of hydrogen-bond acceptors (Lipinski definition) is 3. The summed E-state index contributed by atoms with van der Waals surface area (Å²) in [6.07, 6.45) is -0.514. The lowest BCUT2D eigenvalue weighted by molar-refractivity contribution is -0.127. The molecule has 2 rings (SSSR count). The van der Waals surface area contributed by atoms with E-state index in [1.165, 1.54) is 16.0 Å². The molecule has 0 aromatic heterocycles. The molecule has 0 saturated heterocycles. The lowest BCUT2D eigenvalue weighted by Gasteiger charge is -2.20. The molecule has 2 aromatic carbocycles. The Labute approximate surface area is 161 Å². The highest BCUT2D eigenvalue weighted by Gasteiger charge is 2.16. The zero-order chi connectivity index (χ0) is 19.2.